The van der Waals surface area contributed by atoms with Crippen molar-refractivity contribution in [3.8, 4) is 18.4 Å². The fourth-order valence-corrected chi connectivity index (χ4v) is 2.00. The second-order valence-corrected chi connectivity index (χ2v) is 4.77. The third-order valence-electron chi connectivity index (χ3n) is 2.40. The van der Waals surface area contributed by atoms with Crippen LogP contribution in [0.15, 0.2) is 24.3 Å². The van der Waals surface area contributed by atoms with Crippen LogP contribution in [0, 0.1) is 23.7 Å². The summed E-state index contributed by atoms with van der Waals surface area (Å²) in [5.74, 6) is 4.37. The molecule has 1 unspecified atom stereocenters. The lowest BCUT2D eigenvalue weighted by Gasteiger charge is -2.14. The quantitative estimate of drug-likeness (QED) is 0.617. The van der Waals surface area contributed by atoms with Gasteiger partial charge in [-0.15, -0.1) is 18.2 Å². The van der Waals surface area contributed by atoms with Crippen LogP contribution in [0.5, 0.6) is 0 Å². The summed E-state index contributed by atoms with van der Waals surface area (Å²) >= 11 is 1.75. The molecule has 0 spiro atoms. The maximum atomic E-state index is 8.82. The van der Waals surface area contributed by atoms with E-state index in [0.29, 0.717) is 5.56 Å². The molecule has 1 rings (SSSR count). The van der Waals surface area contributed by atoms with Crippen molar-refractivity contribution in [3.05, 3.63) is 35.4 Å². The molecule has 0 aliphatic carbocycles. The standard InChI is InChI=1S/C14H16N2S/c1-3-8-17-9-7-16-12(2)14-6-4-5-13(10-14)11-15/h1,4-6,10,12,16H,7-9H2,2H3. The molecule has 0 aliphatic rings. The molecule has 0 saturated heterocycles. The molecule has 0 saturated carbocycles. The minimum Gasteiger partial charge on any atom is -0.309 e. The van der Waals surface area contributed by atoms with E-state index in [2.05, 4.69) is 24.2 Å². The normalized spacial score (nSPS) is 11.5. The van der Waals surface area contributed by atoms with Gasteiger partial charge in [0, 0.05) is 18.3 Å². The molecule has 88 valence electrons. The third-order valence-corrected chi connectivity index (χ3v) is 3.26. The summed E-state index contributed by atoms with van der Waals surface area (Å²) in [7, 11) is 0. The Hall–Kier alpha value is -1.42. The lowest BCUT2D eigenvalue weighted by Crippen LogP contribution is -2.21. The van der Waals surface area contributed by atoms with E-state index in [9.17, 15) is 0 Å². The molecule has 0 amide bonds. The van der Waals surface area contributed by atoms with Crippen molar-refractivity contribution in [1.82, 2.24) is 5.32 Å². The van der Waals surface area contributed by atoms with E-state index in [1.54, 1.807) is 11.8 Å². The van der Waals surface area contributed by atoms with Crippen LogP contribution in [0.4, 0.5) is 0 Å². The van der Waals surface area contributed by atoms with Crippen molar-refractivity contribution in [2.45, 2.75) is 13.0 Å². The van der Waals surface area contributed by atoms with Gasteiger partial charge in [0.25, 0.3) is 0 Å². The predicted octanol–water partition coefficient (Wildman–Crippen LogP) is 2.58. The van der Waals surface area contributed by atoms with E-state index in [1.807, 2.05) is 24.3 Å². The molecule has 0 aliphatic heterocycles. The largest absolute Gasteiger partial charge is 0.309 e. The van der Waals surface area contributed by atoms with Crippen LogP contribution >= 0.6 is 11.8 Å². The van der Waals surface area contributed by atoms with Crippen LogP contribution < -0.4 is 5.32 Å². The van der Waals surface area contributed by atoms with Crippen molar-refractivity contribution in [1.29, 1.82) is 5.26 Å². The number of nitrogens with zero attached hydrogens (tertiary/aromatic N) is 1. The van der Waals surface area contributed by atoms with E-state index in [4.69, 9.17) is 11.7 Å². The SMILES string of the molecule is C#CCSCCNC(C)c1cccc(C#N)c1. The van der Waals surface area contributed by atoms with Crippen LogP contribution in [0.1, 0.15) is 24.1 Å². The average Bonchev–Trinajstić information content (AvgIpc) is 2.38. The Kier molecular flexibility index (Phi) is 6.25. The Bertz CT molecular complexity index is 429. The predicted molar refractivity (Wildman–Crippen MR) is 73.7 cm³/mol. The van der Waals surface area contributed by atoms with Gasteiger partial charge in [0.15, 0.2) is 0 Å². The molecule has 3 heteroatoms. The minimum absolute atomic E-state index is 0.259. The summed E-state index contributed by atoms with van der Waals surface area (Å²) < 4.78 is 0. The lowest BCUT2D eigenvalue weighted by atomic mass is 10.1. The van der Waals surface area contributed by atoms with Crippen LogP contribution in [-0.4, -0.2) is 18.1 Å². The van der Waals surface area contributed by atoms with E-state index >= 15 is 0 Å². The van der Waals surface area contributed by atoms with Gasteiger partial charge < -0.3 is 5.32 Å². The Morgan fingerprint density at radius 2 is 2.35 bits per heavy atom. The molecule has 1 aromatic rings. The number of rotatable bonds is 6. The highest BCUT2D eigenvalue weighted by molar-refractivity contribution is 7.99. The highest BCUT2D eigenvalue weighted by atomic mass is 32.2. The fraction of sp³-hybridized carbons (Fsp3) is 0.357. The highest BCUT2D eigenvalue weighted by Crippen LogP contribution is 2.13. The number of hydrogen-bond acceptors (Lipinski definition) is 3. The van der Waals surface area contributed by atoms with Crippen molar-refractivity contribution < 1.29 is 0 Å². The van der Waals surface area contributed by atoms with Gasteiger partial charge in [0.2, 0.25) is 0 Å². The van der Waals surface area contributed by atoms with Crippen molar-refractivity contribution >= 4 is 11.8 Å². The third kappa shape index (κ3) is 4.95. The summed E-state index contributed by atoms with van der Waals surface area (Å²) in [4.78, 5) is 0. The maximum absolute atomic E-state index is 8.82. The summed E-state index contributed by atoms with van der Waals surface area (Å²) in [5, 5.41) is 12.2. The number of thioether (sulfide) groups is 1. The molecule has 17 heavy (non-hydrogen) atoms. The first-order chi connectivity index (χ1) is 8.27. The zero-order valence-electron chi connectivity index (χ0n) is 9.94. The van der Waals surface area contributed by atoms with Gasteiger partial charge in [-0.05, 0) is 24.6 Å². The smallest absolute Gasteiger partial charge is 0.0991 e. The highest BCUT2D eigenvalue weighted by Gasteiger charge is 2.04. The monoisotopic (exact) mass is 244 g/mol. The fourth-order valence-electron chi connectivity index (χ4n) is 1.47. The molecule has 1 N–H and O–H groups in total. The van der Waals surface area contributed by atoms with Gasteiger partial charge in [0.05, 0.1) is 17.4 Å². The molecule has 0 bridgehead atoms. The van der Waals surface area contributed by atoms with E-state index < -0.39 is 0 Å². The molecule has 1 atom stereocenters. The van der Waals surface area contributed by atoms with Crippen LogP contribution in [-0.2, 0) is 0 Å². The van der Waals surface area contributed by atoms with Gasteiger partial charge in [-0.25, -0.2) is 0 Å². The van der Waals surface area contributed by atoms with Gasteiger partial charge in [-0.3, -0.25) is 0 Å². The summed E-state index contributed by atoms with van der Waals surface area (Å²) in [6.07, 6.45) is 5.17. The average molecular weight is 244 g/mol. The summed E-state index contributed by atoms with van der Waals surface area (Å²) in [6, 6.07) is 10.1. The topological polar surface area (TPSA) is 35.8 Å². The van der Waals surface area contributed by atoms with Crippen LogP contribution in [0.3, 0.4) is 0 Å². The first-order valence-electron chi connectivity index (χ1n) is 5.52. The molecule has 0 radical (unpaired) electrons. The molecule has 0 fully saturated rings. The summed E-state index contributed by atoms with van der Waals surface area (Å²) in [5.41, 5.74) is 1.85. The Labute approximate surface area is 107 Å². The first kappa shape index (κ1) is 13.6. The number of nitrogens with one attached hydrogen (secondary N) is 1. The van der Waals surface area contributed by atoms with Crippen molar-refractivity contribution in [2.75, 3.05) is 18.1 Å². The summed E-state index contributed by atoms with van der Waals surface area (Å²) in [6.45, 7) is 3.02. The van der Waals surface area contributed by atoms with Crippen molar-refractivity contribution in [3.63, 3.8) is 0 Å². The second kappa shape index (κ2) is 7.79. The maximum Gasteiger partial charge on any atom is 0.0991 e. The van der Waals surface area contributed by atoms with E-state index in [0.717, 1.165) is 23.6 Å². The lowest BCUT2D eigenvalue weighted by molar-refractivity contribution is 0.601. The Morgan fingerprint density at radius 3 is 3.06 bits per heavy atom. The first-order valence-corrected chi connectivity index (χ1v) is 6.68. The van der Waals surface area contributed by atoms with Gasteiger partial charge in [-0.1, -0.05) is 18.1 Å². The van der Waals surface area contributed by atoms with E-state index in [-0.39, 0.29) is 6.04 Å². The number of nitriles is 1. The molecule has 2 nitrogen and oxygen atoms in total. The van der Waals surface area contributed by atoms with Gasteiger partial charge >= 0.3 is 0 Å². The second-order valence-electron chi connectivity index (χ2n) is 3.67. The van der Waals surface area contributed by atoms with Crippen molar-refractivity contribution in [2.24, 2.45) is 0 Å². The molecular formula is C14H16N2S. The van der Waals surface area contributed by atoms with Gasteiger partial charge in [-0.2, -0.15) is 5.26 Å². The molecule has 0 aromatic heterocycles. The zero-order valence-corrected chi connectivity index (χ0v) is 10.8. The van der Waals surface area contributed by atoms with E-state index in [1.165, 1.54) is 0 Å². The zero-order chi connectivity index (χ0) is 12.5. The van der Waals surface area contributed by atoms with Crippen LogP contribution in [0.2, 0.25) is 0 Å². The van der Waals surface area contributed by atoms with Crippen LogP contribution in [0.25, 0.3) is 0 Å². The molecule has 1 aromatic carbocycles. The minimum atomic E-state index is 0.259. The Balaban J connectivity index is 2.39. The Morgan fingerprint density at radius 1 is 1.53 bits per heavy atom. The molecule has 0 heterocycles. The number of hydrogen-bond donors (Lipinski definition) is 1. The van der Waals surface area contributed by atoms with Gasteiger partial charge in [0.1, 0.15) is 0 Å². The number of terminal acetylenes is 1. The molecular weight excluding hydrogens is 228 g/mol. The number of benzene rings is 1.